The number of amides is 2. The molecule has 2 rings (SSSR count). The Morgan fingerprint density at radius 1 is 1.46 bits per heavy atom. The van der Waals surface area contributed by atoms with Gasteiger partial charge in [-0.2, -0.15) is 0 Å². The van der Waals surface area contributed by atoms with Crippen molar-refractivity contribution in [1.82, 2.24) is 19.8 Å². The molecule has 1 heterocycles. The standard InChI is InChI=1S/C18H23ClN4O/c1-4-10-23(18(24)21-14(2)3)13-17-20-9-11-22(17)12-15-7-5-6-8-16(15)19/h4-9,11,14H,1,10,12-13H2,2-3H3,(H,21,24). The molecule has 1 aromatic carbocycles. The number of hydrogen-bond acceptors (Lipinski definition) is 2. The Bertz CT molecular complexity index is 696. The van der Waals surface area contributed by atoms with E-state index in [0.717, 1.165) is 16.4 Å². The third-order valence-corrected chi connectivity index (χ3v) is 3.85. The van der Waals surface area contributed by atoms with Gasteiger partial charge in [0, 0.05) is 30.0 Å². The van der Waals surface area contributed by atoms with Gasteiger partial charge in [0.05, 0.1) is 13.1 Å². The molecule has 1 aromatic heterocycles. The van der Waals surface area contributed by atoms with Crippen LogP contribution in [0.3, 0.4) is 0 Å². The van der Waals surface area contributed by atoms with Crippen molar-refractivity contribution >= 4 is 17.6 Å². The summed E-state index contributed by atoms with van der Waals surface area (Å²) in [4.78, 5) is 18.4. The van der Waals surface area contributed by atoms with E-state index in [1.54, 1.807) is 17.2 Å². The quantitative estimate of drug-likeness (QED) is 0.777. The average molecular weight is 347 g/mol. The molecule has 6 heteroatoms. The lowest BCUT2D eigenvalue weighted by Gasteiger charge is -2.23. The largest absolute Gasteiger partial charge is 0.336 e. The smallest absolute Gasteiger partial charge is 0.318 e. The van der Waals surface area contributed by atoms with E-state index in [-0.39, 0.29) is 12.1 Å². The number of carbonyl (C=O) groups is 1. The lowest BCUT2D eigenvalue weighted by molar-refractivity contribution is 0.196. The van der Waals surface area contributed by atoms with Gasteiger partial charge < -0.3 is 14.8 Å². The number of hydrogen-bond donors (Lipinski definition) is 1. The summed E-state index contributed by atoms with van der Waals surface area (Å²) in [7, 11) is 0. The zero-order valence-corrected chi connectivity index (χ0v) is 14.8. The number of urea groups is 1. The molecule has 0 radical (unpaired) electrons. The Kier molecular flexibility index (Phi) is 6.44. The van der Waals surface area contributed by atoms with Crippen molar-refractivity contribution in [3.63, 3.8) is 0 Å². The maximum absolute atomic E-state index is 12.3. The van der Waals surface area contributed by atoms with Gasteiger partial charge in [0.25, 0.3) is 0 Å². The van der Waals surface area contributed by atoms with Gasteiger partial charge in [-0.15, -0.1) is 6.58 Å². The van der Waals surface area contributed by atoms with Gasteiger partial charge in [-0.1, -0.05) is 35.9 Å². The number of nitrogens with zero attached hydrogens (tertiary/aromatic N) is 3. The van der Waals surface area contributed by atoms with E-state index in [0.29, 0.717) is 19.6 Å². The number of halogens is 1. The van der Waals surface area contributed by atoms with Crippen molar-refractivity contribution in [1.29, 1.82) is 0 Å². The second kappa shape index (κ2) is 8.55. The Morgan fingerprint density at radius 3 is 2.88 bits per heavy atom. The van der Waals surface area contributed by atoms with Crippen molar-refractivity contribution in [3.05, 3.63) is 65.7 Å². The highest BCUT2D eigenvalue weighted by atomic mass is 35.5. The summed E-state index contributed by atoms with van der Waals surface area (Å²) in [5, 5.41) is 3.62. The fraction of sp³-hybridized carbons (Fsp3) is 0.333. The fourth-order valence-electron chi connectivity index (χ4n) is 2.33. The summed E-state index contributed by atoms with van der Waals surface area (Å²) in [5.41, 5.74) is 1.01. The number of benzene rings is 1. The maximum atomic E-state index is 12.3. The van der Waals surface area contributed by atoms with E-state index in [4.69, 9.17) is 11.6 Å². The van der Waals surface area contributed by atoms with Crippen molar-refractivity contribution in [2.75, 3.05) is 6.54 Å². The molecule has 5 nitrogen and oxygen atoms in total. The van der Waals surface area contributed by atoms with E-state index in [2.05, 4.69) is 16.9 Å². The fourth-order valence-corrected chi connectivity index (χ4v) is 2.53. The van der Waals surface area contributed by atoms with Gasteiger partial charge >= 0.3 is 6.03 Å². The maximum Gasteiger partial charge on any atom is 0.318 e. The lowest BCUT2D eigenvalue weighted by Crippen LogP contribution is -2.43. The minimum absolute atomic E-state index is 0.0766. The van der Waals surface area contributed by atoms with Crippen LogP contribution in [0.4, 0.5) is 4.79 Å². The monoisotopic (exact) mass is 346 g/mol. The first-order chi connectivity index (χ1) is 11.5. The summed E-state index contributed by atoms with van der Waals surface area (Å²) < 4.78 is 2.00. The molecule has 0 fully saturated rings. The Balaban J connectivity index is 2.14. The molecule has 0 atom stereocenters. The summed E-state index contributed by atoms with van der Waals surface area (Å²) in [6, 6.07) is 7.66. The number of nitrogens with one attached hydrogen (secondary N) is 1. The second-order valence-corrected chi connectivity index (χ2v) is 6.24. The predicted octanol–water partition coefficient (Wildman–Crippen LogP) is 3.69. The molecule has 0 aliphatic heterocycles. The van der Waals surface area contributed by atoms with Crippen molar-refractivity contribution in [2.45, 2.75) is 33.0 Å². The summed E-state index contributed by atoms with van der Waals surface area (Å²) >= 11 is 6.24. The van der Waals surface area contributed by atoms with Crippen LogP contribution in [0.5, 0.6) is 0 Å². The zero-order valence-electron chi connectivity index (χ0n) is 14.1. The van der Waals surface area contributed by atoms with Crippen LogP contribution in [0.1, 0.15) is 25.2 Å². The van der Waals surface area contributed by atoms with Gasteiger partial charge in [0.2, 0.25) is 0 Å². The van der Waals surface area contributed by atoms with Crippen LogP contribution in [0.2, 0.25) is 5.02 Å². The Morgan fingerprint density at radius 2 is 2.21 bits per heavy atom. The summed E-state index contributed by atoms with van der Waals surface area (Å²) in [6.45, 7) is 9.07. The highest BCUT2D eigenvalue weighted by molar-refractivity contribution is 6.31. The molecule has 0 aliphatic rings. The van der Waals surface area contributed by atoms with E-state index < -0.39 is 0 Å². The van der Waals surface area contributed by atoms with Crippen LogP contribution in [0.25, 0.3) is 0 Å². The zero-order chi connectivity index (χ0) is 17.5. The lowest BCUT2D eigenvalue weighted by atomic mass is 10.2. The molecule has 0 unspecified atom stereocenters. The van der Waals surface area contributed by atoms with E-state index >= 15 is 0 Å². The molecule has 2 amide bonds. The van der Waals surface area contributed by atoms with Crippen molar-refractivity contribution < 1.29 is 4.79 Å². The van der Waals surface area contributed by atoms with Crippen LogP contribution in [0.15, 0.2) is 49.3 Å². The Labute approximate surface area is 147 Å². The summed E-state index contributed by atoms with van der Waals surface area (Å²) in [5.74, 6) is 0.802. The molecule has 128 valence electrons. The molecule has 0 saturated heterocycles. The van der Waals surface area contributed by atoms with Crippen molar-refractivity contribution in [2.24, 2.45) is 0 Å². The summed E-state index contributed by atoms with van der Waals surface area (Å²) in [6.07, 6.45) is 5.34. The van der Waals surface area contributed by atoms with Crippen LogP contribution in [-0.2, 0) is 13.1 Å². The highest BCUT2D eigenvalue weighted by Gasteiger charge is 2.16. The Hall–Kier alpha value is -2.27. The van der Waals surface area contributed by atoms with Crippen LogP contribution in [-0.4, -0.2) is 33.1 Å². The van der Waals surface area contributed by atoms with E-state index in [1.807, 2.05) is 48.9 Å². The molecule has 0 bridgehead atoms. The number of rotatable bonds is 7. The molecule has 0 aliphatic carbocycles. The number of imidazole rings is 1. The minimum Gasteiger partial charge on any atom is -0.336 e. The number of aromatic nitrogens is 2. The topological polar surface area (TPSA) is 50.2 Å². The first-order valence-electron chi connectivity index (χ1n) is 7.91. The molecule has 0 saturated carbocycles. The SMILES string of the molecule is C=CCN(Cc1nccn1Cc1ccccc1Cl)C(=O)NC(C)C. The van der Waals surface area contributed by atoms with Gasteiger partial charge in [-0.3, -0.25) is 0 Å². The minimum atomic E-state index is -0.128. The number of carbonyl (C=O) groups excluding carboxylic acids is 1. The second-order valence-electron chi connectivity index (χ2n) is 5.84. The van der Waals surface area contributed by atoms with Crippen LogP contribution >= 0.6 is 11.6 Å². The van der Waals surface area contributed by atoms with Crippen LogP contribution < -0.4 is 5.32 Å². The predicted molar refractivity (Wildman–Crippen MR) is 97.1 cm³/mol. The third-order valence-electron chi connectivity index (χ3n) is 3.48. The molecular weight excluding hydrogens is 324 g/mol. The molecule has 2 aromatic rings. The molecule has 1 N–H and O–H groups in total. The van der Waals surface area contributed by atoms with E-state index in [1.165, 1.54) is 0 Å². The third kappa shape index (κ3) is 4.86. The van der Waals surface area contributed by atoms with Gasteiger partial charge in [0.1, 0.15) is 5.82 Å². The van der Waals surface area contributed by atoms with Gasteiger partial charge in [0.15, 0.2) is 0 Å². The highest BCUT2D eigenvalue weighted by Crippen LogP contribution is 2.17. The van der Waals surface area contributed by atoms with Crippen molar-refractivity contribution in [3.8, 4) is 0 Å². The first kappa shape index (κ1) is 18.1. The molecule has 0 spiro atoms. The average Bonchev–Trinajstić information content (AvgIpc) is 2.95. The van der Waals surface area contributed by atoms with Gasteiger partial charge in [-0.05, 0) is 25.5 Å². The van der Waals surface area contributed by atoms with Gasteiger partial charge in [-0.25, -0.2) is 9.78 Å². The van der Waals surface area contributed by atoms with E-state index in [9.17, 15) is 4.79 Å². The van der Waals surface area contributed by atoms with Crippen LogP contribution in [0, 0.1) is 0 Å². The molecular formula is C18H23ClN4O. The molecule has 24 heavy (non-hydrogen) atoms. The first-order valence-corrected chi connectivity index (χ1v) is 8.28. The normalized spacial score (nSPS) is 10.7.